The van der Waals surface area contributed by atoms with Crippen LogP contribution >= 0.6 is 0 Å². The quantitative estimate of drug-likeness (QED) is 0.606. The molecule has 1 heterocycles. The van der Waals surface area contributed by atoms with Gasteiger partial charge in [-0.3, -0.25) is 9.69 Å². The molecule has 3 nitrogen and oxygen atoms in total. The third kappa shape index (κ3) is 4.75. The van der Waals surface area contributed by atoms with Gasteiger partial charge in [-0.05, 0) is 73.2 Å². The lowest BCUT2D eigenvalue weighted by atomic mass is 10.0. The van der Waals surface area contributed by atoms with Crippen molar-refractivity contribution in [2.75, 3.05) is 13.1 Å². The summed E-state index contributed by atoms with van der Waals surface area (Å²) < 4.78 is 13.2. The zero-order chi connectivity index (χ0) is 19.2. The highest BCUT2D eigenvalue weighted by atomic mass is 19.1. The molecule has 0 spiro atoms. The minimum Gasteiger partial charge on any atom is -0.483 e. The number of carbonyl (C=O) groups is 1. The highest BCUT2D eigenvalue weighted by Gasteiger charge is 2.31. The molecule has 2 unspecified atom stereocenters. The predicted molar refractivity (Wildman–Crippen MR) is 104 cm³/mol. The number of hydrogen-bond donors (Lipinski definition) is 1. The molecule has 1 fully saturated rings. The van der Waals surface area contributed by atoms with Crippen LogP contribution in [0.4, 0.5) is 4.39 Å². The van der Waals surface area contributed by atoms with Crippen molar-refractivity contribution in [1.82, 2.24) is 4.90 Å². The molecule has 2 aliphatic rings. The molecule has 1 N–H and O–H groups in total. The van der Waals surface area contributed by atoms with E-state index in [1.807, 2.05) is 6.07 Å². The molecule has 1 aliphatic heterocycles. The number of hydrogen-bond acceptors (Lipinski definition) is 2. The van der Waals surface area contributed by atoms with Gasteiger partial charge in [0.05, 0.1) is 0 Å². The Morgan fingerprint density at radius 3 is 2.56 bits per heavy atom. The Bertz CT molecular complexity index is 868. The number of benzene rings is 2. The van der Waals surface area contributed by atoms with Gasteiger partial charge in [0.1, 0.15) is 5.82 Å². The van der Waals surface area contributed by atoms with E-state index in [0.717, 1.165) is 23.5 Å². The number of fused-ring (bicyclic) bond motifs is 1. The van der Waals surface area contributed by atoms with Crippen molar-refractivity contribution < 1.29 is 14.3 Å². The summed E-state index contributed by atoms with van der Waals surface area (Å²) in [6, 6.07) is 13.6. The maximum Gasteiger partial charge on any atom is 0.290 e. The van der Waals surface area contributed by atoms with Crippen LogP contribution in [0.2, 0.25) is 0 Å². The molecule has 1 saturated heterocycles. The average molecular weight is 365 g/mol. The second kappa shape index (κ2) is 8.83. The van der Waals surface area contributed by atoms with E-state index in [-0.39, 0.29) is 12.3 Å². The van der Waals surface area contributed by atoms with Gasteiger partial charge in [0.25, 0.3) is 6.47 Å². The Morgan fingerprint density at radius 1 is 1.15 bits per heavy atom. The first-order valence-corrected chi connectivity index (χ1v) is 9.33. The second-order valence-electron chi connectivity index (χ2n) is 7.22. The van der Waals surface area contributed by atoms with Crippen LogP contribution in [0.5, 0.6) is 0 Å². The fourth-order valence-electron chi connectivity index (χ4n) is 4.01. The van der Waals surface area contributed by atoms with Gasteiger partial charge < -0.3 is 5.11 Å². The van der Waals surface area contributed by atoms with Crippen LogP contribution in [-0.4, -0.2) is 29.6 Å². The standard InChI is InChI=1S/C22H22FN.CH2O2/c1-16-11-12-24(15-16)22-10-8-19-13-18(7-9-21(19)22)6-5-17-3-2-4-20(23)14-17;2-1-3/h2-4,7,9,13-14,16,22H,8,10-12,15H2,1H3;1H,(H,2,3). The van der Waals surface area contributed by atoms with E-state index in [1.165, 1.54) is 49.2 Å². The maximum absolute atomic E-state index is 13.2. The first-order chi connectivity index (χ1) is 13.1. The minimum absolute atomic E-state index is 0.238. The summed E-state index contributed by atoms with van der Waals surface area (Å²) in [7, 11) is 0. The van der Waals surface area contributed by atoms with Crippen LogP contribution in [0.15, 0.2) is 42.5 Å². The zero-order valence-electron chi connectivity index (χ0n) is 15.5. The lowest BCUT2D eigenvalue weighted by molar-refractivity contribution is -0.122. The Labute approximate surface area is 159 Å². The van der Waals surface area contributed by atoms with Crippen molar-refractivity contribution in [2.24, 2.45) is 5.92 Å². The topological polar surface area (TPSA) is 40.5 Å². The highest BCUT2D eigenvalue weighted by molar-refractivity contribution is 5.47. The van der Waals surface area contributed by atoms with E-state index in [0.29, 0.717) is 6.04 Å². The number of rotatable bonds is 1. The van der Waals surface area contributed by atoms with Crippen LogP contribution in [0.25, 0.3) is 0 Å². The molecule has 4 rings (SSSR count). The summed E-state index contributed by atoms with van der Waals surface area (Å²) in [6.45, 7) is 4.55. The summed E-state index contributed by atoms with van der Waals surface area (Å²) in [5.41, 5.74) is 4.67. The molecule has 4 heteroatoms. The molecule has 2 atom stereocenters. The SMILES string of the molecule is CC1CCN(C2CCc3cc(C#Cc4cccc(F)c4)ccc32)C1.O=CO. The number of nitrogens with zero attached hydrogens (tertiary/aromatic N) is 1. The summed E-state index contributed by atoms with van der Waals surface area (Å²) >= 11 is 0. The fourth-order valence-corrected chi connectivity index (χ4v) is 4.01. The first kappa shape index (κ1) is 19.1. The molecular weight excluding hydrogens is 341 g/mol. The van der Waals surface area contributed by atoms with Gasteiger partial charge in [-0.2, -0.15) is 0 Å². The molecule has 0 radical (unpaired) electrons. The van der Waals surface area contributed by atoms with Crippen molar-refractivity contribution in [3.05, 3.63) is 70.5 Å². The van der Waals surface area contributed by atoms with Gasteiger partial charge in [0, 0.05) is 23.7 Å². The third-order valence-electron chi connectivity index (χ3n) is 5.26. The smallest absolute Gasteiger partial charge is 0.290 e. The minimum atomic E-state index is -0.250. The van der Waals surface area contributed by atoms with E-state index in [1.54, 1.807) is 6.07 Å². The summed E-state index contributed by atoms with van der Waals surface area (Å²) in [5.74, 6) is 6.83. The summed E-state index contributed by atoms with van der Waals surface area (Å²) in [6.07, 6.45) is 3.69. The normalized spacial score (nSPS) is 20.8. The summed E-state index contributed by atoms with van der Waals surface area (Å²) in [4.78, 5) is 11.0. The fraction of sp³-hybridized carbons (Fsp3) is 0.348. The Hall–Kier alpha value is -2.64. The van der Waals surface area contributed by atoms with E-state index < -0.39 is 0 Å². The Morgan fingerprint density at radius 2 is 1.89 bits per heavy atom. The average Bonchev–Trinajstić information content (AvgIpc) is 3.26. The number of halogens is 1. The van der Waals surface area contributed by atoms with E-state index in [9.17, 15) is 4.39 Å². The van der Waals surface area contributed by atoms with Gasteiger partial charge in [0.2, 0.25) is 0 Å². The number of likely N-dealkylation sites (tertiary alicyclic amines) is 1. The van der Waals surface area contributed by atoms with Crippen LogP contribution in [0.3, 0.4) is 0 Å². The molecule has 0 amide bonds. The summed E-state index contributed by atoms with van der Waals surface area (Å²) in [5, 5.41) is 6.89. The monoisotopic (exact) mass is 365 g/mol. The molecule has 2 aromatic carbocycles. The van der Waals surface area contributed by atoms with Crippen LogP contribution in [0.1, 0.15) is 48.1 Å². The van der Waals surface area contributed by atoms with E-state index >= 15 is 0 Å². The Balaban J connectivity index is 0.000000659. The van der Waals surface area contributed by atoms with Crippen molar-refractivity contribution in [3.63, 3.8) is 0 Å². The van der Waals surface area contributed by atoms with Gasteiger partial charge >= 0.3 is 0 Å². The van der Waals surface area contributed by atoms with Crippen molar-refractivity contribution >= 4 is 6.47 Å². The molecule has 2 aromatic rings. The van der Waals surface area contributed by atoms with Crippen molar-refractivity contribution in [2.45, 2.75) is 32.2 Å². The van der Waals surface area contributed by atoms with Gasteiger partial charge in [0.15, 0.2) is 0 Å². The molecule has 0 aromatic heterocycles. The number of carboxylic acid groups (broad SMARTS) is 1. The molecule has 0 saturated carbocycles. The first-order valence-electron chi connectivity index (χ1n) is 9.33. The van der Waals surface area contributed by atoms with Gasteiger partial charge in [-0.15, -0.1) is 0 Å². The highest BCUT2D eigenvalue weighted by Crippen LogP contribution is 2.38. The maximum atomic E-state index is 13.2. The molecule has 1 aliphatic carbocycles. The molecule has 0 bridgehead atoms. The van der Waals surface area contributed by atoms with Crippen LogP contribution < -0.4 is 0 Å². The zero-order valence-corrected chi connectivity index (χ0v) is 15.5. The van der Waals surface area contributed by atoms with Gasteiger partial charge in [-0.1, -0.05) is 30.9 Å². The van der Waals surface area contributed by atoms with Crippen LogP contribution in [0, 0.1) is 23.6 Å². The predicted octanol–water partition coefficient (Wildman–Crippen LogP) is 4.26. The van der Waals surface area contributed by atoms with Crippen molar-refractivity contribution in [1.29, 1.82) is 0 Å². The third-order valence-corrected chi connectivity index (χ3v) is 5.26. The Kier molecular flexibility index (Phi) is 6.26. The lowest BCUT2D eigenvalue weighted by Gasteiger charge is -2.24. The molecular formula is C23H24FNO2. The van der Waals surface area contributed by atoms with E-state index in [4.69, 9.17) is 9.90 Å². The lowest BCUT2D eigenvalue weighted by Crippen LogP contribution is -2.24. The van der Waals surface area contributed by atoms with E-state index in [2.05, 4.69) is 41.9 Å². The van der Waals surface area contributed by atoms with Gasteiger partial charge in [-0.25, -0.2) is 4.39 Å². The van der Waals surface area contributed by atoms with Crippen LogP contribution in [-0.2, 0) is 11.2 Å². The van der Waals surface area contributed by atoms with Crippen molar-refractivity contribution in [3.8, 4) is 11.8 Å². The molecule has 27 heavy (non-hydrogen) atoms. The largest absolute Gasteiger partial charge is 0.483 e. The second-order valence-corrected chi connectivity index (χ2v) is 7.22. The molecule has 140 valence electrons. The number of aryl methyl sites for hydroxylation is 1.